The highest BCUT2D eigenvalue weighted by Crippen LogP contribution is 2.55. The lowest BCUT2D eigenvalue weighted by Gasteiger charge is -2.45. The molecule has 5 nitrogen and oxygen atoms in total. The molecule has 164 valence electrons. The Labute approximate surface area is 192 Å². The van der Waals surface area contributed by atoms with Crippen LogP contribution in [0.3, 0.4) is 0 Å². The predicted octanol–water partition coefficient (Wildman–Crippen LogP) is 4.20. The van der Waals surface area contributed by atoms with Gasteiger partial charge in [0.2, 0.25) is 11.3 Å². The molecule has 1 heterocycles. The number of para-hydroxylation sites is 1. The number of aromatic nitrogens is 2. The van der Waals surface area contributed by atoms with Gasteiger partial charge in [0.25, 0.3) is 0 Å². The third kappa shape index (κ3) is 3.35. The van der Waals surface area contributed by atoms with E-state index in [1.54, 1.807) is 10.7 Å². The van der Waals surface area contributed by atoms with Gasteiger partial charge in [-0.15, -0.1) is 0 Å². The van der Waals surface area contributed by atoms with E-state index in [9.17, 15) is 9.59 Å². The number of fused-ring (bicyclic) bond motifs is 2. The summed E-state index contributed by atoms with van der Waals surface area (Å²) >= 11 is 0. The largest absolute Gasteiger partial charge is 0.356 e. The molecular formula is C28H25N3O2. The molecule has 0 unspecified atom stereocenters. The Morgan fingerprint density at radius 2 is 1.55 bits per heavy atom. The zero-order chi connectivity index (χ0) is 22.4. The van der Waals surface area contributed by atoms with Crippen LogP contribution in [0.25, 0.3) is 10.9 Å². The molecule has 0 aliphatic heterocycles. The first kappa shape index (κ1) is 19.9. The summed E-state index contributed by atoms with van der Waals surface area (Å²) in [5.41, 5.74) is 6.38. The quantitative estimate of drug-likeness (QED) is 0.511. The number of hydrogen-bond acceptors (Lipinski definition) is 3. The van der Waals surface area contributed by atoms with E-state index in [0.717, 1.165) is 11.9 Å². The predicted molar refractivity (Wildman–Crippen MR) is 128 cm³/mol. The second-order valence-corrected chi connectivity index (χ2v) is 9.09. The fourth-order valence-corrected chi connectivity index (χ4v) is 5.84. The molecule has 0 spiro atoms. The molecule has 1 atom stereocenters. The van der Waals surface area contributed by atoms with Crippen LogP contribution in [-0.4, -0.2) is 22.2 Å². The first-order valence-electron chi connectivity index (χ1n) is 11.6. The normalized spacial score (nSPS) is 20.3. The summed E-state index contributed by atoms with van der Waals surface area (Å²) < 4.78 is 1.74. The van der Waals surface area contributed by atoms with Gasteiger partial charge < -0.3 is 5.32 Å². The number of hydrogen-bond donors (Lipinski definition) is 1. The minimum atomic E-state index is -0.0979. The van der Waals surface area contributed by atoms with Crippen molar-refractivity contribution < 1.29 is 4.79 Å². The molecule has 33 heavy (non-hydrogen) atoms. The first-order valence-corrected chi connectivity index (χ1v) is 11.6. The van der Waals surface area contributed by atoms with E-state index in [4.69, 9.17) is 0 Å². The van der Waals surface area contributed by atoms with Crippen LogP contribution in [0.1, 0.15) is 46.9 Å². The van der Waals surface area contributed by atoms with Gasteiger partial charge in [-0.25, -0.2) is 0 Å². The molecule has 0 fully saturated rings. The smallest absolute Gasteiger partial charge is 0.221 e. The van der Waals surface area contributed by atoms with Gasteiger partial charge in [0, 0.05) is 30.2 Å². The van der Waals surface area contributed by atoms with Crippen molar-refractivity contribution in [1.82, 2.24) is 15.1 Å². The number of amides is 1. The number of benzene rings is 3. The van der Waals surface area contributed by atoms with Crippen LogP contribution in [0.15, 0.2) is 83.8 Å². The molecular weight excluding hydrogens is 410 g/mol. The maximum atomic E-state index is 12.7. The Hall–Kier alpha value is -3.73. The lowest BCUT2D eigenvalue weighted by molar-refractivity contribution is -0.121. The van der Waals surface area contributed by atoms with Crippen molar-refractivity contribution in [3.05, 3.63) is 111 Å². The van der Waals surface area contributed by atoms with Crippen LogP contribution in [0, 0.1) is 5.92 Å². The van der Waals surface area contributed by atoms with Gasteiger partial charge in [-0.3, -0.25) is 14.3 Å². The average molecular weight is 436 g/mol. The molecule has 1 amide bonds. The van der Waals surface area contributed by atoms with Crippen LogP contribution >= 0.6 is 0 Å². The fourth-order valence-electron chi connectivity index (χ4n) is 5.84. The van der Waals surface area contributed by atoms with E-state index in [1.165, 1.54) is 28.5 Å². The maximum absolute atomic E-state index is 12.7. The van der Waals surface area contributed by atoms with E-state index in [0.29, 0.717) is 42.7 Å². The summed E-state index contributed by atoms with van der Waals surface area (Å²) in [7, 11) is 0. The average Bonchev–Trinajstić information content (AvgIpc) is 2.87. The highest BCUT2D eigenvalue weighted by Gasteiger charge is 2.42. The lowest BCUT2D eigenvalue weighted by atomic mass is 9.59. The molecule has 3 aliphatic carbocycles. The maximum Gasteiger partial charge on any atom is 0.221 e. The van der Waals surface area contributed by atoms with Crippen molar-refractivity contribution in [3.63, 3.8) is 0 Å². The monoisotopic (exact) mass is 435 g/mol. The first-order chi connectivity index (χ1) is 16.2. The Morgan fingerprint density at radius 3 is 2.27 bits per heavy atom. The van der Waals surface area contributed by atoms with Crippen LogP contribution < -0.4 is 10.7 Å². The van der Waals surface area contributed by atoms with Crippen molar-refractivity contribution in [2.24, 2.45) is 5.92 Å². The highest BCUT2D eigenvalue weighted by molar-refractivity contribution is 5.79. The molecule has 1 N–H and O–H groups in total. The SMILES string of the molecule is O=C(CCn1ncc(=O)c2ccccc21)NC[C@@H]1CC2c3ccccc3C1c1ccccc12. The van der Waals surface area contributed by atoms with Gasteiger partial charge in [-0.05, 0) is 46.7 Å². The van der Waals surface area contributed by atoms with Crippen LogP contribution in [0.5, 0.6) is 0 Å². The number of aryl methyl sites for hydroxylation is 1. The van der Waals surface area contributed by atoms with Gasteiger partial charge >= 0.3 is 0 Å². The topological polar surface area (TPSA) is 64.0 Å². The second kappa shape index (κ2) is 8.00. The van der Waals surface area contributed by atoms with Crippen molar-refractivity contribution in [2.75, 3.05) is 6.54 Å². The van der Waals surface area contributed by atoms with Crippen molar-refractivity contribution in [3.8, 4) is 0 Å². The summed E-state index contributed by atoms with van der Waals surface area (Å²) in [4.78, 5) is 24.8. The lowest BCUT2D eigenvalue weighted by Crippen LogP contribution is -2.39. The zero-order valence-electron chi connectivity index (χ0n) is 18.3. The Balaban J connectivity index is 1.17. The minimum absolute atomic E-state index is 0.0163. The van der Waals surface area contributed by atoms with E-state index in [2.05, 4.69) is 58.9 Å². The number of rotatable bonds is 5. The molecule has 3 aromatic carbocycles. The Morgan fingerprint density at radius 1 is 0.909 bits per heavy atom. The molecule has 7 rings (SSSR count). The second-order valence-electron chi connectivity index (χ2n) is 9.09. The summed E-state index contributed by atoms with van der Waals surface area (Å²) in [5.74, 6) is 1.13. The molecule has 4 aromatic rings. The summed E-state index contributed by atoms with van der Waals surface area (Å²) in [6.45, 7) is 1.11. The molecule has 1 aromatic heterocycles. The van der Waals surface area contributed by atoms with E-state index in [-0.39, 0.29) is 11.3 Å². The van der Waals surface area contributed by atoms with Crippen LogP contribution in [0.2, 0.25) is 0 Å². The highest BCUT2D eigenvalue weighted by atomic mass is 16.1. The molecule has 0 radical (unpaired) electrons. The van der Waals surface area contributed by atoms with Gasteiger partial charge in [-0.2, -0.15) is 5.10 Å². The van der Waals surface area contributed by atoms with E-state index in [1.807, 2.05) is 18.2 Å². The van der Waals surface area contributed by atoms with Gasteiger partial charge in [0.15, 0.2) is 0 Å². The summed E-state index contributed by atoms with van der Waals surface area (Å²) in [6, 6.07) is 24.9. The van der Waals surface area contributed by atoms with Crippen LogP contribution in [0.4, 0.5) is 0 Å². The van der Waals surface area contributed by atoms with Crippen molar-refractivity contribution in [1.29, 1.82) is 0 Å². The zero-order valence-corrected chi connectivity index (χ0v) is 18.3. The number of nitrogens with one attached hydrogen (secondary N) is 1. The van der Waals surface area contributed by atoms with Gasteiger partial charge in [0.05, 0.1) is 18.3 Å². The minimum Gasteiger partial charge on any atom is -0.356 e. The van der Waals surface area contributed by atoms with E-state index >= 15 is 0 Å². The van der Waals surface area contributed by atoms with Crippen molar-refractivity contribution >= 4 is 16.8 Å². The Bertz CT molecular complexity index is 1380. The van der Waals surface area contributed by atoms with Gasteiger partial charge in [0.1, 0.15) is 0 Å². The number of carbonyl (C=O) groups excluding carboxylic acids is 1. The summed E-state index contributed by atoms with van der Waals surface area (Å²) in [6.07, 6.45) is 2.71. The standard InChI is InChI=1S/C28H25N3O2/c32-26-17-30-31(25-12-6-5-11-23(25)26)14-13-27(33)29-16-18-15-24-19-7-1-3-9-21(19)28(18)22-10-4-2-8-20(22)24/h1-12,17-18,24,28H,13-16H2,(H,29,33)/t18-,24?,28?/m0/s1. The third-order valence-corrected chi connectivity index (χ3v) is 7.30. The number of nitrogens with zero attached hydrogens (tertiary/aromatic N) is 2. The fraction of sp³-hybridized carbons (Fsp3) is 0.250. The molecule has 3 aliphatic rings. The molecule has 5 heteroatoms. The Kier molecular flexibility index (Phi) is 4.83. The van der Waals surface area contributed by atoms with Gasteiger partial charge in [-0.1, -0.05) is 60.7 Å². The van der Waals surface area contributed by atoms with E-state index < -0.39 is 0 Å². The molecule has 0 saturated heterocycles. The number of carbonyl (C=O) groups is 1. The molecule has 2 bridgehead atoms. The van der Waals surface area contributed by atoms with Crippen molar-refractivity contribution in [2.45, 2.75) is 31.2 Å². The van der Waals surface area contributed by atoms with Crippen LogP contribution in [-0.2, 0) is 11.3 Å². The summed E-state index contributed by atoms with van der Waals surface area (Å²) in [5, 5.41) is 8.05. The molecule has 0 saturated carbocycles. The third-order valence-electron chi connectivity index (χ3n) is 7.30.